The summed E-state index contributed by atoms with van der Waals surface area (Å²) in [6.45, 7) is 6.76. The van der Waals surface area contributed by atoms with Crippen molar-refractivity contribution in [1.29, 1.82) is 0 Å². The van der Waals surface area contributed by atoms with Gasteiger partial charge in [-0.05, 0) is 6.20 Å². The van der Waals surface area contributed by atoms with Gasteiger partial charge in [-0.15, -0.1) is 0 Å². The van der Waals surface area contributed by atoms with E-state index in [2.05, 4.69) is 23.5 Å². The fourth-order valence-electron chi connectivity index (χ4n) is 0.148. The summed E-state index contributed by atoms with van der Waals surface area (Å²) >= 11 is 0. The predicted molar refractivity (Wildman–Crippen MR) is 32.0 cm³/mol. The molecule has 0 saturated heterocycles. The van der Waals surface area contributed by atoms with E-state index in [1.165, 1.54) is 18.7 Å². The summed E-state index contributed by atoms with van der Waals surface area (Å²) in [6.07, 6.45) is 4.48. The van der Waals surface area contributed by atoms with Crippen molar-refractivity contribution in [2.45, 2.75) is 0 Å². The minimum atomic E-state index is 1.44. The maximum absolute atomic E-state index is 3.62. The largest absolute Gasteiger partial charge is 0.353 e. The standard InChI is InChI=1S/C5H8N2/c1-3-6-5-7-4-2/h3-5H,1-2H2,(H,6,7). The van der Waals surface area contributed by atoms with E-state index in [1.807, 2.05) is 0 Å². The molecule has 2 nitrogen and oxygen atoms in total. The van der Waals surface area contributed by atoms with Gasteiger partial charge in [-0.2, -0.15) is 0 Å². The Hall–Kier alpha value is -1.05. The molecule has 0 aromatic rings. The summed E-state index contributed by atoms with van der Waals surface area (Å²) < 4.78 is 0. The number of hydrogen-bond donors (Lipinski definition) is 1. The van der Waals surface area contributed by atoms with Crippen molar-refractivity contribution in [3.8, 4) is 0 Å². The minimum Gasteiger partial charge on any atom is -0.353 e. The molecule has 0 unspecified atom stereocenters. The summed E-state index contributed by atoms with van der Waals surface area (Å²) in [4.78, 5) is 3.62. The van der Waals surface area contributed by atoms with Gasteiger partial charge in [0.2, 0.25) is 0 Å². The van der Waals surface area contributed by atoms with E-state index in [-0.39, 0.29) is 0 Å². The molecule has 0 heterocycles. The van der Waals surface area contributed by atoms with Crippen LogP contribution in [0.1, 0.15) is 0 Å². The van der Waals surface area contributed by atoms with Crippen LogP contribution >= 0.6 is 0 Å². The average molecular weight is 96.1 g/mol. The van der Waals surface area contributed by atoms with Crippen LogP contribution < -0.4 is 5.32 Å². The van der Waals surface area contributed by atoms with Crippen molar-refractivity contribution in [3.05, 3.63) is 25.6 Å². The Morgan fingerprint density at radius 3 is 2.57 bits per heavy atom. The second-order valence-electron chi connectivity index (χ2n) is 0.832. The molecule has 0 aliphatic heterocycles. The van der Waals surface area contributed by atoms with Crippen molar-refractivity contribution in [3.63, 3.8) is 0 Å². The first-order chi connectivity index (χ1) is 3.41. The highest BCUT2D eigenvalue weighted by molar-refractivity contribution is 5.56. The average Bonchev–Trinajstić information content (AvgIpc) is 1.69. The first-order valence-corrected chi connectivity index (χ1v) is 1.91. The van der Waals surface area contributed by atoms with Crippen LogP contribution in [-0.2, 0) is 0 Å². The highest BCUT2D eigenvalue weighted by Crippen LogP contribution is 1.58. The molecule has 0 spiro atoms. The second kappa shape index (κ2) is 4.95. The van der Waals surface area contributed by atoms with Crippen molar-refractivity contribution in [2.24, 2.45) is 4.99 Å². The van der Waals surface area contributed by atoms with Crippen LogP contribution in [0, 0.1) is 0 Å². The molecule has 38 valence electrons. The zero-order valence-corrected chi connectivity index (χ0v) is 4.09. The van der Waals surface area contributed by atoms with Crippen LogP contribution in [0.15, 0.2) is 30.6 Å². The third-order valence-corrected chi connectivity index (χ3v) is 0.372. The van der Waals surface area contributed by atoms with Crippen LogP contribution in [0.2, 0.25) is 0 Å². The van der Waals surface area contributed by atoms with Gasteiger partial charge in [-0.3, -0.25) is 0 Å². The van der Waals surface area contributed by atoms with E-state index in [1.54, 1.807) is 0 Å². The van der Waals surface area contributed by atoms with Crippen molar-refractivity contribution in [2.75, 3.05) is 0 Å². The molecule has 0 amide bonds. The lowest BCUT2D eigenvalue weighted by Crippen LogP contribution is -1.96. The maximum atomic E-state index is 3.62. The Morgan fingerprint density at radius 2 is 2.14 bits per heavy atom. The third kappa shape index (κ3) is 4.95. The van der Waals surface area contributed by atoms with Gasteiger partial charge in [0, 0.05) is 6.20 Å². The minimum absolute atomic E-state index is 1.44. The monoisotopic (exact) mass is 96.1 g/mol. The van der Waals surface area contributed by atoms with Crippen LogP contribution in [0.25, 0.3) is 0 Å². The fourth-order valence-corrected chi connectivity index (χ4v) is 0.148. The summed E-state index contributed by atoms with van der Waals surface area (Å²) in [7, 11) is 0. The quantitative estimate of drug-likeness (QED) is 0.409. The van der Waals surface area contributed by atoms with Crippen molar-refractivity contribution in [1.82, 2.24) is 5.32 Å². The van der Waals surface area contributed by atoms with Gasteiger partial charge in [-0.25, -0.2) is 4.99 Å². The first-order valence-electron chi connectivity index (χ1n) is 1.91. The van der Waals surface area contributed by atoms with Gasteiger partial charge in [0.25, 0.3) is 0 Å². The molecule has 0 aromatic heterocycles. The highest BCUT2D eigenvalue weighted by atomic mass is 14.9. The predicted octanol–water partition coefficient (Wildman–Crippen LogP) is 0.891. The SMILES string of the molecule is C=C/N=C\NC=C. The Morgan fingerprint density at radius 1 is 1.43 bits per heavy atom. The molecule has 0 fully saturated rings. The van der Waals surface area contributed by atoms with Gasteiger partial charge in [0.05, 0.1) is 6.34 Å². The Kier molecular flexibility index (Phi) is 4.21. The smallest absolute Gasteiger partial charge is 0.0917 e. The number of rotatable bonds is 3. The number of nitrogens with one attached hydrogen (secondary N) is 1. The second-order valence-corrected chi connectivity index (χ2v) is 0.832. The Bertz CT molecular complexity index is 84.1. The molecule has 0 rings (SSSR count). The highest BCUT2D eigenvalue weighted by Gasteiger charge is 1.54. The molecule has 0 radical (unpaired) electrons. The molecule has 0 bridgehead atoms. The summed E-state index contributed by atoms with van der Waals surface area (Å²) in [5, 5.41) is 2.65. The van der Waals surface area contributed by atoms with Crippen LogP contribution in [0.4, 0.5) is 0 Å². The molecular formula is C5H8N2. The van der Waals surface area contributed by atoms with E-state index >= 15 is 0 Å². The molecule has 0 saturated carbocycles. The van der Waals surface area contributed by atoms with Gasteiger partial charge in [0.1, 0.15) is 0 Å². The number of hydrogen-bond acceptors (Lipinski definition) is 1. The third-order valence-electron chi connectivity index (χ3n) is 0.372. The van der Waals surface area contributed by atoms with Gasteiger partial charge < -0.3 is 5.32 Å². The van der Waals surface area contributed by atoms with Crippen molar-refractivity contribution < 1.29 is 0 Å². The molecule has 2 heteroatoms. The van der Waals surface area contributed by atoms with E-state index in [0.29, 0.717) is 0 Å². The summed E-state index contributed by atoms with van der Waals surface area (Å²) in [6, 6.07) is 0. The number of nitrogens with zero attached hydrogens (tertiary/aromatic N) is 1. The molecule has 0 aromatic carbocycles. The topological polar surface area (TPSA) is 24.4 Å². The normalized spacial score (nSPS) is 8.57. The van der Waals surface area contributed by atoms with E-state index < -0.39 is 0 Å². The lowest BCUT2D eigenvalue weighted by atomic mass is 10.9. The molecular weight excluding hydrogens is 88.1 g/mol. The lowest BCUT2D eigenvalue weighted by molar-refractivity contribution is 1.32. The zero-order valence-electron chi connectivity index (χ0n) is 4.09. The van der Waals surface area contributed by atoms with Crippen LogP contribution in [0.3, 0.4) is 0 Å². The summed E-state index contributed by atoms with van der Waals surface area (Å²) in [5.41, 5.74) is 0. The molecule has 0 aliphatic rings. The Balaban J connectivity index is 3.08. The molecule has 7 heavy (non-hydrogen) atoms. The van der Waals surface area contributed by atoms with Crippen LogP contribution in [0.5, 0.6) is 0 Å². The molecule has 0 aliphatic carbocycles. The van der Waals surface area contributed by atoms with Gasteiger partial charge in [0.15, 0.2) is 0 Å². The zero-order chi connectivity index (χ0) is 5.54. The molecule has 1 N–H and O–H groups in total. The van der Waals surface area contributed by atoms with E-state index in [9.17, 15) is 0 Å². The lowest BCUT2D eigenvalue weighted by Gasteiger charge is -1.79. The van der Waals surface area contributed by atoms with E-state index in [0.717, 1.165) is 0 Å². The van der Waals surface area contributed by atoms with Gasteiger partial charge >= 0.3 is 0 Å². The van der Waals surface area contributed by atoms with Crippen molar-refractivity contribution >= 4 is 6.34 Å². The fraction of sp³-hybridized carbons (Fsp3) is 0. The summed E-state index contributed by atoms with van der Waals surface area (Å²) in [5.74, 6) is 0. The maximum Gasteiger partial charge on any atom is 0.0917 e. The van der Waals surface area contributed by atoms with E-state index in [4.69, 9.17) is 0 Å². The first kappa shape index (κ1) is 5.95. The number of aliphatic imine (C=N–C) groups is 1. The molecule has 0 atom stereocenters. The van der Waals surface area contributed by atoms with Crippen LogP contribution in [-0.4, -0.2) is 6.34 Å². The Labute approximate surface area is 43.3 Å². The van der Waals surface area contributed by atoms with Gasteiger partial charge in [-0.1, -0.05) is 13.2 Å².